The van der Waals surface area contributed by atoms with E-state index in [9.17, 15) is 0 Å². The molecule has 0 amide bonds. The van der Waals surface area contributed by atoms with Crippen molar-refractivity contribution in [2.75, 3.05) is 0 Å². The molecule has 0 heterocycles. The number of aliphatic carboxylic acids is 2. The van der Waals surface area contributed by atoms with Crippen LogP contribution in [-0.2, 0) is 9.59 Å². The van der Waals surface area contributed by atoms with Crippen LogP contribution in [-0.4, -0.2) is 11.9 Å². The van der Waals surface area contributed by atoms with E-state index in [2.05, 4.69) is 0 Å². The fourth-order valence-electron chi connectivity index (χ4n) is 0. The van der Waals surface area contributed by atoms with Gasteiger partial charge in [-0.15, -0.1) is 0 Å². The fourth-order valence-corrected chi connectivity index (χ4v) is 0. The molecule has 10 heavy (non-hydrogen) atoms. The van der Waals surface area contributed by atoms with E-state index < -0.39 is 11.9 Å². The van der Waals surface area contributed by atoms with Gasteiger partial charge < -0.3 is 19.8 Å². The van der Waals surface area contributed by atoms with Crippen LogP contribution in [0.1, 0.15) is 13.8 Å². The van der Waals surface area contributed by atoms with Gasteiger partial charge in [-0.05, 0) is 13.8 Å². The van der Waals surface area contributed by atoms with Gasteiger partial charge in [-0.1, -0.05) is 0 Å². The van der Waals surface area contributed by atoms with Crippen molar-refractivity contribution < 1.29 is 108 Å². The van der Waals surface area contributed by atoms with Gasteiger partial charge in [0.2, 0.25) is 0 Å². The molecule has 0 N–H and O–H groups in total. The number of hydrogen-bond acceptors (Lipinski definition) is 4. The summed E-state index contributed by atoms with van der Waals surface area (Å²) in [6, 6.07) is 0. The van der Waals surface area contributed by atoms with Gasteiger partial charge in [0.25, 0.3) is 0 Å². The second-order valence-electron chi connectivity index (χ2n) is 0.983. The van der Waals surface area contributed by atoms with Crippen molar-refractivity contribution in [1.82, 2.24) is 0 Å². The molecule has 0 aromatic rings. The number of carbonyl (C=O) groups excluding carboxylic acids is 2. The van der Waals surface area contributed by atoms with E-state index in [0.29, 0.717) is 0 Å². The van der Waals surface area contributed by atoms with Gasteiger partial charge in [0.1, 0.15) is 0 Å². The summed E-state index contributed by atoms with van der Waals surface area (Å²) in [5.74, 6) is -2.17. The Hall–Kier alpha value is 1.59. The molecule has 6 heteroatoms. The van der Waals surface area contributed by atoms with Gasteiger partial charge in [0, 0.05) is 11.9 Å². The summed E-state index contributed by atoms with van der Waals surface area (Å²) in [5.41, 5.74) is 0. The van der Waals surface area contributed by atoms with Gasteiger partial charge in [0.05, 0.1) is 0 Å². The van der Waals surface area contributed by atoms with Crippen LogP contribution in [0.2, 0.25) is 0 Å². The molecule has 0 saturated carbocycles. The average molecular weight is 258 g/mol. The van der Waals surface area contributed by atoms with E-state index in [-0.39, 0.29) is 87.8 Å². The van der Waals surface area contributed by atoms with Crippen LogP contribution in [0.5, 0.6) is 0 Å². The third-order valence-corrected chi connectivity index (χ3v) is 0. The topological polar surface area (TPSA) is 80.3 Å². The van der Waals surface area contributed by atoms with E-state index in [1.54, 1.807) is 0 Å². The monoisotopic (exact) mass is 258 g/mol. The maximum absolute atomic E-state index is 8.89. The molecule has 0 aliphatic heterocycles. The Kier molecular flexibility index (Phi) is 38.1. The Labute approximate surface area is 130 Å². The molecule has 0 rings (SSSR count). The maximum Gasteiger partial charge on any atom is 1.00 e. The number of carboxylic acid groups (broad SMARTS) is 2. The molecule has 0 saturated heterocycles. The molecule has 0 aromatic carbocycles. The van der Waals surface area contributed by atoms with E-state index in [1.807, 2.05) is 0 Å². The zero-order chi connectivity index (χ0) is 7.15. The van der Waals surface area contributed by atoms with Gasteiger partial charge in [0.15, 0.2) is 0 Å². The molecule has 0 unspecified atom stereocenters. The van der Waals surface area contributed by atoms with Gasteiger partial charge in [-0.2, -0.15) is 0 Å². The van der Waals surface area contributed by atoms with Gasteiger partial charge >= 0.3 is 87.8 Å². The molecule has 0 fully saturated rings. The van der Waals surface area contributed by atoms with Gasteiger partial charge in [-0.3, -0.25) is 0 Å². The average Bonchev–Trinajstić information content (AvgIpc) is 1.25. The molecule has 4 nitrogen and oxygen atoms in total. The van der Waals surface area contributed by atoms with Gasteiger partial charge in [-0.25, -0.2) is 0 Å². The first-order valence-corrected chi connectivity index (χ1v) is 1.82. The van der Waals surface area contributed by atoms with Crippen molar-refractivity contribution in [2.24, 2.45) is 0 Å². The molecule has 0 aromatic heterocycles. The Morgan fingerprint density at radius 1 is 1.00 bits per heavy atom. The molecule has 0 aliphatic carbocycles. The summed E-state index contributed by atoms with van der Waals surface area (Å²) in [6.07, 6.45) is 0. The predicted molar refractivity (Wildman–Crippen MR) is 21.4 cm³/mol. The standard InChI is InChI=1S/2C2H4O2.Cs.Li/c2*1-2(3)4;;/h2*1H3,(H,3,4);;/q;;2*+1/p-2. The van der Waals surface area contributed by atoms with Crippen molar-refractivity contribution in [3.8, 4) is 0 Å². The minimum Gasteiger partial charge on any atom is -0.550 e. The smallest absolute Gasteiger partial charge is 0.550 e. The summed E-state index contributed by atoms with van der Waals surface area (Å²) >= 11 is 0. The van der Waals surface area contributed by atoms with E-state index in [4.69, 9.17) is 19.8 Å². The molecule has 0 aliphatic rings. The minimum absolute atomic E-state index is 0. The molecule has 0 atom stereocenters. The fraction of sp³-hybridized carbons (Fsp3) is 0.500. The predicted octanol–water partition coefficient (Wildman–Crippen LogP) is -8.48. The van der Waals surface area contributed by atoms with Crippen LogP contribution in [0.4, 0.5) is 0 Å². The van der Waals surface area contributed by atoms with Crippen LogP contribution in [0, 0.1) is 0 Å². The van der Waals surface area contributed by atoms with E-state index in [1.165, 1.54) is 0 Å². The zero-order valence-electron chi connectivity index (χ0n) is 6.63. The van der Waals surface area contributed by atoms with Crippen molar-refractivity contribution >= 4 is 11.9 Å². The minimum atomic E-state index is -1.08. The third-order valence-electron chi connectivity index (χ3n) is 0. The number of carboxylic acids is 2. The van der Waals surface area contributed by atoms with Crippen molar-refractivity contribution in [1.29, 1.82) is 0 Å². The van der Waals surface area contributed by atoms with Crippen LogP contribution < -0.4 is 98.0 Å². The second kappa shape index (κ2) is 16.9. The maximum atomic E-state index is 8.89. The zero-order valence-corrected chi connectivity index (χ0v) is 12.9. The van der Waals surface area contributed by atoms with Crippen molar-refractivity contribution in [3.05, 3.63) is 0 Å². The molecule has 0 radical (unpaired) electrons. The number of rotatable bonds is 0. The van der Waals surface area contributed by atoms with E-state index in [0.717, 1.165) is 13.8 Å². The third kappa shape index (κ3) is 280. The van der Waals surface area contributed by atoms with Crippen molar-refractivity contribution in [2.45, 2.75) is 13.8 Å². The Morgan fingerprint density at radius 3 is 1.00 bits per heavy atom. The summed E-state index contributed by atoms with van der Waals surface area (Å²) in [4.78, 5) is 17.8. The summed E-state index contributed by atoms with van der Waals surface area (Å²) in [7, 11) is 0. The molecule has 0 spiro atoms. The summed E-state index contributed by atoms with van der Waals surface area (Å²) < 4.78 is 0. The SMILES string of the molecule is CC(=O)[O-].CC(=O)[O-].[Cs+].[Li+]. The first kappa shape index (κ1) is 22.6. The normalized spacial score (nSPS) is 5.00. The summed E-state index contributed by atoms with van der Waals surface area (Å²) in [5, 5.41) is 17.8. The Morgan fingerprint density at radius 2 is 1.00 bits per heavy atom. The first-order valence-electron chi connectivity index (χ1n) is 1.82. The van der Waals surface area contributed by atoms with E-state index >= 15 is 0 Å². The molecule has 0 bridgehead atoms. The Balaban J connectivity index is -0.0000000300. The quantitative estimate of drug-likeness (QED) is 0.404. The van der Waals surface area contributed by atoms with Crippen molar-refractivity contribution in [3.63, 3.8) is 0 Å². The number of hydrogen-bond donors (Lipinski definition) is 0. The Bertz CT molecular complexity index is 75.3. The molecular weight excluding hydrogens is 252 g/mol. The second-order valence-corrected chi connectivity index (χ2v) is 0.983. The van der Waals surface area contributed by atoms with Crippen LogP contribution in [0.3, 0.4) is 0 Å². The van der Waals surface area contributed by atoms with Crippen LogP contribution in [0.25, 0.3) is 0 Å². The van der Waals surface area contributed by atoms with Crippen LogP contribution >= 0.6 is 0 Å². The largest absolute Gasteiger partial charge is 1.00 e. The molecule has 48 valence electrons. The van der Waals surface area contributed by atoms with Crippen LogP contribution in [0.15, 0.2) is 0 Å². The molecular formula is C4H6CsLiO4. The number of carbonyl (C=O) groups is 2. The first-order chi connectivity index (χ1) is 3.46. The summed E-state index contributed by atoms with van der Waals surface area (Å²) in [6.45, 7) is 1.94.